The summed E-state index contributed by atoms with van der Waals surface area (Å²) in [5.41, 5.74) is 0.195. The van der Waals surface area contributed by atoms with Crippen molar-refractivity contribution in [2.24, 2.45) is 23.2 Å². The quantitative estimate of drug-likeness (QED) is 0.237. The van der Waals surface area contributed by atoms with Crippen LogP contribution in [0, 0.1) is 23.2 Å². The molecule has 2 unspecified atom stereocenters. The van der Waals surface area contributed by atoms with Gasteiger partial charge in [0, 0.05) is 12.0 Å². The van der Waals surface area contributed by atoms with Gasteiger partial charge < -0.3 is 24.8 Å². The van der Waals surface area contributed by atoms with Crippen LogP contribution in [0.4, 0.5) is 0 Å². The van der Waals surface area contributed by atoms with Crippen LogP contribution in [0.2, 0.25) is 0 Å². The number of hydrogen-bond donors (Lipinski definition) is 3. The molecule has 0 bridgehead atoms. The van der Waals surface area contributed by atoms with Crippen LogP contribution in [0.3, 0.4) is 0 Å². The predicted octanol–water partition coefficient (Wildman–Crippen LogP) is 4.21. The molecule has 8 atom stereocenters. The third kappa shape index (κ3) is 6.40. The minimum Gasteiger partial charge on any atom is -0.478 e. The number of carboxylic acid groups (broad SMARTS) is 1. The molecule has 39 heavy (non-hydrogen) atoms. The Hall–Kier alpha value is -3.07. The summed E-state index contributed by atoms with van der Waals surface area (Å²) in [5.74, 6) is -2.91. The van der Waals surface area contributed by atoms with Gasteiger partial charge in [0.15, 0.2) is 6.29 Å². The highest BCUT2D eigenvalue weighted by atomic mass is 16.6. The van der Waals surface area contributed by atoms with E-state index >= 15 is 0 Å². The largest absolute Gasteiger partial charge is 0.478 e. The van der Waals surface area contributed by atoms with Gasteiger partial charge in [0.25, 0.3) is 0 Å². The normalized spacial score (nSPS) is 34.9. The molecule has 0 aromatic rings. The minimum absolute atomic E-state index is 0.116. The summed E-state index contributed by atoms with van der Waals surface area (Å²) in [4.78, 5) is 37.2. The lowest BCUT2D eigenvalue weighted by Crippen LogP contribution is -2.64. The zero-order valence-electron chi connectivity index (χ0n) is 23.5. The number of aliphatic hydroxyl groups is 2. The Morgan fingerprint density at radius 2 is 1.85 bits per heavy atom. The molecule has 0 spiro atoms. The van der Waals surface area contributed by atoms with Crippen LogP contribution in [0.15, 0.2) is 71.4 Å². The Balaban J connectivity index is 1.77. The first-order chi connectivity index (χ1) is 18.2. The first-order valence-electron chi connectivity index (χ1n) is 13.3. The molecule has 212 valence electrons. The number of hydrogen-bond acceptors (Lipinski definition) is 7. The van der Waals surface area contributed by atoms with E-state index in [1.807, 2.05) is 32.9 Å². The maximum absolute atomic E-state index is 13.4. The van der Waals surface area contributed by atoms with Crippen LogP contribution in [-0.2, 0) is 23.9 Å². The Morgan fingerprint density at radius 1 is 1.18 bits per heavy atom. The minimum atomic E-state index is -1.19. The van der Waals surface area contributed by atoms with Crippen molar-refractivity contribution in [3.8, 4) is 0 Å². The van der Waals surface area contributed by atoms with Gasteiger partial charge in [0.2, 0.25) is 0 Å². The molecule has 3 aliphatic rings. The van der Waals surface area contributed by atoms with E-state index in [0.717, 1.165) is 17.2 Å². The molecule has 8 nitrogen and oxygen atoms in total. The van der Waals surface area contributed by atoms with E-state index in [4.69, 9.17) is 14.6 Å². The molecule has 3 rings (SSSR count). The number of Topliss-reactive ketones (excluding diaryl/α,β-unsaturated/α-hetero) is 1. The predicted molar refractivity (Wildman–Crippen MR) is 146 cm³/mol. The Kier molecular flexibility index (Phi) is 9.36. The smallest absolute Gasteiger partial charge is 0.328 e. The number of esters is 1. The topological polar surface area (TPSA) is 130 Å². The van der Waals surface area contributed by atoms with E-state index in [9.17, 15) is 24.6 Å². The maximum Gasteiger partial charge on any atom is 0.328 e. The standard InChI is InChI=1S/C31H40O8/c1-18(10-8-12-25(33)34)9-7-11-20(3)28(36)21(4)29(37)38-23-16-19(2)15-22-13-14-30(5)31(6,27(22)23)24(32)17-26(35)39-30/h7-15,19,21,23,26-28,35-36H,16-17H2,1-6H3,(H,33,34)/b9-7+,12-8-,18-10+,20-11+/t19-,21?,23+,26-,27-,28?,30-,31-/m1/s1. The summed E-state index contributed by atoms with van der Waals surface area (Å²) in [5, 5.41) is 29.7. The second kappa shape index (κ2) is 12.0. The van der Waals surface area contributed by atoms with Gasteiger partial charge in [-0.25, -0.2) is 4.79 Å². The summed E-state index contributed by atoms with van der Waals surface area (Å²) in [6.45, 7) is 10.8. The second-order valence-corrected chi connectivity index (χ2v) is 11.3. The second-order valence-electron chi connectivity index (χ2n) is 11.3. The molecule has 1 saturated heterocycles. The van der Waals surface area contributed by atoms with Crippen molar-refractivity contribution >= 4 is 17.7 Å². The summed E-state index contributed by atoms with van der Waals surface area (Å²) in [6, 6.07) is 0. The van der Waals surface area contributed by atoms with E-state index in [2.05, 4.69) is 6.08 Å². The number of aliphatic carboxylic acids is 1. The lowest BCUT2D eigenvalue weighted by atomic mass is 9.53. The zero-order chi connectivity index (χ0) is 29.1. The molecule has 1 aliphatic heterocycles. The molecule has 0 aromatic heterocycles. The fourth-order valence-electron chi connectivity index (χ4n) is 5.81. The fourth-order valence-corrected chi connectivity index (χ4v) is 5.81. The van der Waals surface area contributed by atoms with Crippen molar-refractivity contribution in [3.05, 3.63) is 71.4 Å². The van der Waals surface area contributed by atoms with Gasteiger partial charge in [-0.2, -0.15) is 0 Å². The molecule has 8 heteroatoms. The van der Waals surface area contributed by atoms with Crippen molar-refractivity contribution in [1.29, 1.82) is 0 Å². The van der Waals surface area contributed by atoms with Gasteiger partial charge in [0.1, 0.15) is 11.9 Å². The Bertz CT molecular complexity index is 1170. The molecule has 0 radical (unpaired) electrons. The van der Waals surface area contributed by atoms with E-state index in [-0.39, 0.29) is 18.1 Å². The molecule has 1 fully saturated rings. The fraction of sp³-hybridized carbons (Fsp3) is 0.516. The first kappa shape index (κ1) is 30.5. The molecular formula is C31H40O8. The third-order valence-corrected chi connectivity index (χ3v) is 8.27. The highest BCUT2D eigenvalue weighted by Crippen LogP contribution is 2.56. The molecular weight excluding hydrogens is 500 g/mol. The Labute approximate surface area is 230 Å². The van der Waals surface area contributed by atoms with Gasteiger partial charge in [-0.3, -0.25) is 9.59 Å². The van der Waals surface area contributed by atoms with Crippen LogP contribution in [0.1, 0.15) is 54.4 Å². The number of allylic oxidation sites excluding steroid dienone is 8. The summed E-state index contributed by atoms with van der Waals surface area (Å²) in [7, 11) is 0. The van der Waals surface area contributed by atoms with Crippen molar-refractivity contribution in [2.75, 3.05) is 0 Å². The van der Waals surface area contributed by atoms with Crippen LogP contribution in [0.25, 0.3) is 0 Å². The SMILES string of the molecule is CC(/C=C/C=C(\C)C(O)C(C)C(=O)O[C@H]1C[C@H](C)C=C2C=C[C@@]3(C)O[C@@H](O)CC(=O)[C@]3(C)[C@H]21)=C\C=C/C(=O)O. The van der Waals surface area contributed by atoms with Crippen molar-refractivity contribution in [1.82, 2.24) is 0 Å². The number of carbonyl (C=O) groups is 3. The summed E-state index contributed by atoms with van der Waals surface area (Å²) >= 11 is 0. The molecule has 0 amide bonds. The average Bonchev–Trinajstić information content (AvgIpc) is 2.84. The van der Waals surface area contributed by atoms with Crippen molar-refractivity contribution < 1.29 is 39.2 Å². The van der Waals surface area contributed by atoms with E-state index in [0.29, 0.717) is 12.0 Å². The van der Waals surface area contributed by atoms with Gasteiger partial charge in [0.05, 0.1) is 29.5 Å². The third-order valence-electron chi connectivity index (χ3n) is 8.27. The molecule has 2 aliphatic carbocycles. The zero-order valence-corrected chi connectivity index (χ0v) is 23.5. The van der Waals surface area contributed by atoms with E-state index < -0.39 is 53.3 Å². The van der Waals surface area contributed by atoms with Gasteiger partial charge in [-0.05, 0) is 58.1 Å². The van der Waals surface area contributed by atoms with Gasteiger partial charge in [-0.1, -0.05) is 61.1 Å². The van der Waals surface area contributed by atoms with Crippen LogP contribution < -0.4 is 0 Å². The molecule has 3 N–H and O–H groups in total. The number of fused-ring (bicyclic) bond motifs is 3. The molecule has 1 heterocycles. The maximum atomic E-state index is 13.4. The first-order valence-corrected chi connectivity index (χ1v) is 13.3. The van der Waals surface area contributed by atoms with Gasteiger partial charge >= 0.3 is 11.9 Å². The monoisotopic (exact) mass is 540 g/mol. The van der Waals surface area contributed by atoms with Crippen LogP contribution >= 0.6 is 0 Å². The molecule has 0 saturated carbocycles. The summed E-state index contributed by atoms with van der Waals surface area (Å²) < 4.78 is 11.9. The van der Waals surface area contributed by atoms with Crippen molar-refractivity contribution in [3.63, 3.8) is 0 Å². The average molecular weight is 541 g/mol. The lowest BCUT2D eigenvalue weighted by molar-refractivity contribution is -0.242. The highest BCUT2D eigenvalue weighted by Gasteiger charge is 2.63. The number of carboxylic acids is 1. The van der Waals surface area contributed by atoms with Gasteiger partial charge in [-0.15, -0.1) is 0 Å². The number of ketones is 1. The summed E-state index contributed by atoms with van der Waals surface area (Å²) in [6.07, 6.45) is 12.6. The van der Waals surface area contributed by atoms with E-state index in [1.165, 1.54) is 6.08 Å². The number of aliphatic hydroxyl groups excluding tert-OH is 2. The van der Waals surface area contributed by atoms with Crippen LogP contribution in [-0.4, -0.2) is 57.1 Å². The molecule has 0 aromatic carbocycles. The number of rotatable bonds is 8. The number of ether oxygens (including phenoxy) is 2. The Morgan fingerprint density at radius 3 is 2.51 bits per heavy atom. The van der Waals surface area contributed by atoms with Crippen LogP contribution in [0.5, 0.6) is 0 Å². The lowest BCUT2D eigenvalue weighted by Gasteiger charge is -2.56. The number of carbonyl (C=O) groups excluding carboxylic acids is 2. The van der Waals surface area contributed by atoms with E-state index in [1.54, 1.807) is 45.1 Å². The highest BCUT2D eigenvalue weighted by molar-refractivity contribution is 5.89. The van der Waals surface area contributed by atoms with Crippen molar-refractivity contribution in [2.45, 2.75) is 78.5 Å².